The zero-order chi connectivity index (χ0) is 13.1. The second-order valence-electron chi connectivity index (χ2n) is 4.12. The number of nitrogen functional groups attached to an aromatic ring is 1. The topological polar surface area (TPSA) is 76.4 Å². The van der Waals surface area contributed by atoms with Crippen LogP contribution in [0.5, 0.6) is 5.75 Å². The molecule has 0 unspecified atom stereocenters. The summed E-state index contributed by atoms with van der Waals surface area (Å²) in [5.41, 5.74) is 6.34. The van der Waals surface area contributed by atoms with Crippen molar-refractivity contribution in [3.05, 3.63) is 17.5 Å². The molecule has 1 amide bonds. The molecule has 2 rings (SSSR count). The molecule has 1 aromatic heterocycles. The summed E-state index contributed by atoms with van der Waals surface area (Å²) in [4.78, 5) is 12.5. The van der Waals surface area contributed by atoms with Gasteiger partial charge in [0.15, 0.2) is 5.75 Å². The van der Waals surface area contributed by atoms with Gasteiger partial charge in [-0.2, -0.15) is 0 Å². The largest absolute Gasteiger partial charge is 0.492 e. The SMILES string of the molecule is C=CCNc1sc(C(=O)NC2CC2)c(N)c1OC. The third-order valence-electron chi connectivity index (χ3n) is 2.63. The smallest absolute Gasteiger partial charge is 0.263 e. The minimum atomic E-state index is -0.120. The molecular weight excluding hydrogens is 250 g/mol. The summed E-state index contributed by atoms with van der Waals surface area (Å²) in [5, 5.41) is 6.79. The summed E-state index contributed by atoms with van der Waals surface area (Å²) in [5.74, 6) is 0.410. The summed E-state index contributed by atoms with van der Waals surface area (Å²) < 4.78 is 5.23. The first kappa shape index (κ1) is 12.8. The second-order valence-corrected chi connectivity index (χ2v) is 5.15. The van der Waals surface area contributed by atoms with Crippen molar-refractivity contribution in [1.29, 1.82) is 0 Å². The Bertz CT molecular complexity index is 466. The van der Waals surface area contributed by atoms with Crippen LogP contribution in [0.4, 0.5) is 10.7 Å². The lowest BCUT2D eigenvalue weighted by molar-refractivity contribution is 0.0956. The van der Waals surface area contributed by atoms with Crippen molar-refractivity contribution in [2.75, 3.05) is 24.7 Å². The van der Waals surface area contributed by atoms with Crippen LogP contribution < -0.4 is 21.1 Å². The van der Waals surface area contributed by atoms with E-state index in [9.17, 15) is 4.79 Å². The Hall–Kier alpha value is -1.69. The van der Waals surface area contributed by atoms with E-state index in [4.69, 9.17) is 10.5 Å². The van der Waals surface area contributed by atoms with Gasteiger partial charge in [-0.1, -0.05) is 6.08 Å². The second kappa shape index (κ2) is 5.30. The van der Waals surface area contributed by atoms with Gasteiger partial charge >= 0.3 is 0 Å². The van der Waals surface area contributed by atoms with Crippen LogP contribution in [0.15, 0.2) is 12.7 Å². The minimum absolute atomic E-state index is 0.120. The van der Waals surface area contributed by atoms with E-state index in [1.54, 1.807) is 13.2 Å². The van der Waals surface area contributed by atoms with E-state index in [1.165, 1.54) is 11.3 Å². The van der Waals surface area contributed by atoms with Crippen LogP contribution in [0, 0.1) is 0 Å². The van der Waals surface area contributed by atoms with Crippen molar-refractivity contribution in [3.63, 3.8) is 0 Å². The predicted octanol–water partition coefficient (Wildman–Crippen LogP) is 1.83. The third-order valence-corrected chi connectivity index (χ3v) is 3.77. The fraction of sp³-hybridized carbons (Fsp3) is 0.417. The average molecular weight is 267 g/mol. The molecule has 0 radical (unpaired) electrons. The van der Waals surface area contributed by atoms with Crippen LogP contribution in [-0.2, 0) is 0 Å². The summed E-state index contributed by atoms with van der Waals surface area (Å²) >= 11 is 1.31. The number of carbonyl (C=O) groups excluding carboxylic acids is 1. The molecule has 1 aromatic rings. The summed E-state index contributed by atoms with van der Waals surface area (Å²) in [7, 11) is 1.54. The Morgan fingerprint density at radius 3 is 2.94 bits per heavy atom. The van der Waals surface area contributed by atoms with Crippen LogP contribution in [-0.4, -0.2) is 25.6 Å². The van der Waals surface area contributed by atoms with E-state index in [2.05, 4.69) is 17.2 Å². The number of amides is 1. The molecule has 5 nitrogen and oxygen atoms in total. The molecule has 1 fully saturated rings. The van der Waals surface area contributed by atoms with Gasteiger partial charge < -0.3 is 21.1 Å². The van der Waals surface area contributed by atoms with Gasteiger partial charge in [0.2, 0.25) is 0 Å². The lowest BCUT2D eigenvalue weighted by Gasteiger charge is -2.04. The Morgan fingerprint density at radius 2 is 2.39 bits per heavy atom. The normalized spacial score (nSPS) is 14.1. The van der Waals surface area contributed by atoms with Crippen LogP contribution in [0.2, 0.25) is 0 Å². The van der Waals surface area contributed by atoms with E-state index >= 15 is 0 Å². The monoisotopic (exact) mass is 267 g/mol. The third kappa shape index (κ3) is 2.59. The quantitative estimate of drug-likeness (QED) is 0.687. The Morgan fingerprint density at radius 1 is 1.67 bits per heavy atom. The van der Waals surface area contributed by atoms with Crippen molar-refractivity contribution in [3.8, 4) is 5.75 Å². The van der Waals surface area contributed by atoms with Gasteiger partial charge in [-0.25, -0.2) is 0 Å². The average Bonchev–Trinajstić information content (AvgIpc) is 3.10. The van der Waals surface area contributed by atoms with E-state index in [-0.39, 0.29) is 5.91 Å². The molecule has 0 bridgehead atoms. The highest BCUT2D eigenvalue weighted by Crippen LogP contribution is 2.42. The van der Waals surface area contributed by atoms with Gasteiger partial charge in [-0.3, -0.25) is 4.79 Å². The molecule has 0 aliphatic heterocycles. The van der Waals surface area contributed by atoms with Gasteiger partial charge in [-0.05, 0) is 12.8 Å². The first-order chi connectivity index (χ1) is 8.67. The fourth-order valence-electron chi connectivity index (χ4n) is 1.56. The minimum Gasteiger partial charge on any atom is -0.492 e. The number of thiophene rings is 1. The maximum Gasteiger partial charge on any atom is 0.263 e. The molecule has 0 saturated heterocycles. The number of carbonyl (C=O) groups is 1. The predicted molar refractivity (Wildman–Crippen MR) is 74.5 cm³/mol. The molecule has 1 aliphatic carbocycles. The van der Waals surface area contributed by atoms with Crippen molar-refractivity contribution in [2.45, 2.75) is 18.9 Å². The molecule has 4 N–H and O–H groups in total. The molecule has 0 aromatic carbocycles. The molecule has 1 heterocycles. The van der Waals surface area contributed by atoms with Crippen LogP contribution in [0.1, 0.15) is 22.5 Å². The summed E-state index contributed by atoms with van der Waals surface area (Å²) in [6.07, 6.45) is 3.84. The Kier molecular flexibility index (Phi) is 3.76. The van der Waals surface area contributed by atoms with Crippen LogP contribution >= 0.6 is 11.3 Å². The van der Waals surface area contributed by atoms with Gasteiger partial charge in [0.1, 0.15) is 15.6 Å². The first-order valence-electron chi connectivity index (χ1n) is 5.79. The zero-order valence-electron chi connectivity index (χ0n) is 10.3. The van der Waals surface area contributed by atoms with Crippen molar-refractivity contribution in [2.24, 2.45) is 0 Å². The molecule has 1 saturated carbocycles. The van der Waals surface area contributed by atoms with Crippen LogP contribution in [0.25, 0.3) is 0 Å². The fourth-order valence-corrected chi connectivity index (χ4v) is 2.56. The number of hydrogen-bond donors (Lipinski definition) is 3. The number of hydrogen-bond acceptors (Lipinski definition) is 5. The van der Waals surface area contributed by atoms with E-state index < -0.39 is 0 Å². The van der Waals surface area contributed by atoms with Gasteiger partial charge in [0.25, 0.3) is 5.91 Å². The molecule has 6 heteroatoms. The highest BCUT2D eigenvalue weighted by atomic mass is 32.1. The Balaban J connectivity index is 2.20. The maximum absolute atomic E-state index is 12.0. The number of nitrogens with one attached hydrogen (secondary N) is 2. The summed E-state index contributed by atoms with van der Waals surface area (Å²) in [6.45, 7) is 4.23. The molecule has 1 aliphatic rings. The lowest BCUT2D eigenvalue weighted by Crippen LogP contribution is -2.25. The van der Waals surface area contributed by atoms with E-state index in [0.29, 0.717) is 28.9 Å². The van der Waals surface area contributed by atoms with Crippen molar-refractivity contribution >= 4 is 27.9 Å². The van der Waals surface area contributed by atoms with Gasteiger partial charge in [-0.15, -0.1) is 17.9 Å². The highest BCUT2D eigenvalue weighted by Gasteiger charge is 2.27. The van der Waals surface area contributed by atoms with E-state index in [0.717, 1.165) is 17.8 Å². The van der Waals surface area contributed by atoms with E-state index in [1.807, 2.05) is 0 Å². The molecule has 0 atom stereocenters. The lowest BCUT2D eigenvalue weighted by atomic mass is 10.3. The van der Waals surface area contributed by atoms with Gasteiger partial charge in [0, 0.05) is 12.6 Å². The van der Waals surface area contributed by atoms with Crippen molar-refractivity contribution in [1.82, 2.24) is 5.32 Å². The molecular formula is C12H17N3O2S. The Labute approximate surface area is 110 Å². The number of methoxy groups -OCH3 is 1. The molecule has 0 spiro atoms. The highest BCUT2D eigenvalue weighted by molar-refractivity contribution is 7.19. The van der Waals surface area contributed by atoms with Gasteiger partial charge in [0.05, 0.1) is 7.11 Å². The summed E-state index contributed by atoms with van der Waals surface area (Å²) in [6, 6.07) is 0.314. The number of ether oxygens (including phenoxy) is 1. The number of rotatable bonds is 6. The first-order valence-corrected chi connectivity index (χ1v) is 6.61. The number of anilines is 2. The number of nitrogens with two attached hydrogens (primary N) is 1. The zero-order valence-corrected chi connectivity index (χ0v) is 11.1. The standard InChI is InChI=1S/C12H17N3O2S/c1-3-6-14-12-9(17-2)8(13)10(18-12)11(16)15-7-4-5-7/h3,7,14H,1,4-6,13H2,2H3,(H,15,16). The molecule has 18 heavy (non-hydrogen) atoms. The van der Waals surface area contributed by atoms with Crippen molar-refractivity contribution < 1.29 is 9.53 Å². The van der Waals surface area contributed by atoms with Crippen LogP contribution in [0.3, 0.4) is 0 Å². The molecule has 98 valence electrons. The maximum atomic E-state index is 12.0.